The summed E-state index contributed by atoms with van der Waals surface area (Å²) in [6.07, 6.45) is 1.01. The highest BCUT2D eigenvalue weighted by molar-refractivity contribution is 6.03. The first-order chi connectivity index (χ1) is 9.01. The summed E-state index contributed by atoms with van der Waals surface area (Å²) in [6.45, 7) is 4.31. The SMILES string of the molecule is COc1ccc2cc(C(=O)C3CC3(C)C)ccc2c1. The van der Waals surface area contributed by atoms with Crippen LogP contribution in [-0.4, -0.2) is 12.9 Å². The van der Waals surface area contributed by atoms with Gasteiger partial charge in [-0.2, -0.15) is 0 Å². The van der Waals surface area contributed by atoms with E-state index in [0.717, 1.165) is 28.5 Å². The Morgan fingerprint density at radius 1 is 1.16 bits per heavy atom. The fourth-order valence-corrected chi connectivity index (χ4v) is 2.62. The summed E-state index contributed by atoms with van der Waals surface area (Å²) in [5, 5.41) is 2.19. The topological polar surface area (TPSA) is 26.3 Å². The van der Waals surface area contributed by atoms with Crippen molar-refractivity contribution in [1.29, 1.82) is 0 Å². The molecule has 3 rings (SSSR count). The number of hydrogen-bond donors (Lipinski definition) is 0. The van der Waals surface area contributed by atoms with E-state index in [9.17, 15) is 4.79 Å². The molecule has 1 unspecified atom stereocenters. The molecule has 0 spiro atoms. The molecule has 0 saturated heterocycles. The van der Waals surface area contributed by atoms with E-state index in [4.69, 9.17) is 4.74 Å². The van der Waals surface area contributed by atoms with Crippen LogP contribution in [0.4, 0.5) is 0 Å². The number of ketones is 1. The van der Waals surface area contributed by atoms with E-state index in [0.29, 0.717) is 0 Å². The standard InChI is InChI=1S/C17H18O2/c1-17(2)10-15(17)16(18)13-5-4-12-9-14(19-3)7-6-11(12)8-13/h4-9,15H,10H2,1-3H3. The summed E-state index contributed by atoms with van der Waals surface area (Å²) in [6, 6.07) is 11.8. The molecule has 98 valence electrons. The Kier molecular flexibility index (Phi) is 2.63. The maximum atomic E-state index is 12.4. The minimum atomic E-state index is 0.186. The minimum Gasteiger partial charge on any atom is -0.497 e. The van der Waals surface area contributed by atoms with Gasteiger partial charge in [0.2, 0.25) is 0 Å². The monoisotopic (exact) mass is 254 g/mol. The Balaban J connectivity index is 1.96. The number of methoxy groups -OCH3 is 1. The summed E-state index contributed by atoms with van der Waals surface area (Å²) >= 11 is 0. The molecule has 0 bridgehead atoms. The van der Waals surface area contributed by atoms with Crippen molar-refractivity contribution in [2.45, 2.75) is 20.3 Å². The molecular formula is C17H18O2. The van der Waals surface area contributed by atoms with Crippen molar-refractivity contribution in [2.24, 2.45) is 11.3 Å². The molecule has 0 aliphatic heterocycles. The van der Waals surface area contributed by atoms with Crippen molar-refractivity contribution >= 4 is 16.6 Å². The second-order valence-electron chi connectivity index (χ2n) is 6.04. The number of rotatable bonds is 3. The third-order valence-electron chi connectivity index (χ3n) is 4.16. The quantitative estimate of drug-likeness (QED) is 0.771. The zero-order valence-corrected chi connectivity index (χ0v) is 11.6. The zero-order chi connectivity index (χ0) is 13.6. The van der Waals surface area contributed by atoms with E-state index in [1.807, 2.05) is 36.4 Å². The second-order valence-corrected chi connectivity index (χ2v) is 6.04. The van der Waals surface area contributed by atoms with Gasteiger partial charge < -0.3 is 4.74 Å². The first-order valence-corrected chi connectivity index (χ1v) is 6.63. The number of Topliss-reactive ketones (excluding diaryl/α,β-unsaturated/α-hetero) is 1. The van der Waals surface area contributed by atoms with Crippen LogP contribution in [0.1, 0.15) is 30.6 Å². The van der Waals surface area contributed by atoms with Gasteiger partial charge in [-0.1, -0.05) is 32.0 Å². The van der Waals surface area contributed by atoms with Crippen LogP contribution in [0.2, 0.25) is 0 Å². The van der Waals surface area contributed by atoms with E-state index in [-0.39, 0.29) is 17.1 Å². The van der Waals surface area contributed by atoms with Crippen molar-refractivity contribution in [2.75, 3.05) is 7.11 Å². The number of carbonyl (C=O) groups is 1. The molecule has 2 aromatic rings. The Morgan fingerprint density at radius 2 is 1.79 bits per heavy atom. The summed E-state index contributed by atoms with van der Waals surface area (Å²) in [5.41, 5.74) is 1.01. The van der Waals surface area contributed by atoms with E-state index in [2.05, 4.69) is 13.8 Å². The zero-order valence-electron chi connectivity index (χ0n) is 11.6. The average Bonchev–Trinajstić information content (AvgIpc) is 3.05. The lowest BCUT2D eigenvalue weighted by Gasteiger charge is -2.06. The fraction of sp³-hybridized carbons (Fsp3) is 0.353. The van der Waals surface area contributed by atoms with Gasteiger partial charge in [0.25, 0.3) is 0 Å². The molecule has 0 heterocycles. The second kappa shape index (κ2) is 4.09. The van der Waals surface area contributed by atoms with Gasteiger partial charge in [-0.3, -0.25) is 4.79 Å². The highest BCUT2D eigenvalue weighted by Crippen LogP contribution is 2.53. The van der Waals surface area contributed by atoms with Gasteiger partial charge >= 0.3 is 0 Å². The molecule has 19 heavy (non-hydrogen) atoms. The third kappa shape index (κ3) is 2.12. The van der Waals surface area contributed by atoms with Crippen molar-refractivity contribution in [1.82, 2.24) is 0 Å². The lowest BCUT2D eigenvalue weighted by molar-refractivity contribution is 0.0953. The van der Waals surface area contributed by atoms with Gasteiger partial charge in [-0.15, -0.1) is 0 Å². The largest absolute Gasteiger partial charge is 0.497 e. The van der Waals surface area contributed by atoms with E-state index >= 15 is 0 Å². The predicted octanol–water partition coefficient (Wildman–Crippen LogP) is 4.08. The highest BCUT2D eigenvalue weighted by atomic mass is 16.5. The van der Waals surface area contributed by atoms with Crippen LogP contribution in [0.15, 0.2) is 36.4 Å². The van der Waals surface area contributed by atoms with Crippen LogP contribution in [0, 0.1) is 11.3 Å². The molecule has 0 aromatic heterocycles. The van der Waals surface area contributed by atoms with E-state index in [1.54, 1.807) is 7.11 Å². The smallest absolute Gasteiger partial charge is 0.166 e. The minimum absolute atomic E-state index is 0.186. The first kappa shape index (κ1) is 12.2. The summed E-state index contributed by atoms with van der Waals surface area (Å²) in [7, 11) is 1.66. The molecule has 1 saturated carbocycles. The van der Waals surface area contributed by atoms with Gasteiger partial charge in [0, 0.05) is 11.5 Å². The van der Waals surface area contributed by atoms with Crippen LogP contribution < -0.4 is 4.74 Å². The molecule has 1 aliphatic rings. The van der Waals surface area contributed by atoms with E-state index in [1.165, 1.54) is 0 Å². The van der Waals surface area contributed by atoms with Gasteiger partial charge in [0.15, 0.2) is 5.78 Å². The fourth-order valence-electron chi connectivity index (χ4n) is 2.62. The summed E-state index contributed by atoms with van der Waals surface area (Å²) in [4.78, 5) is 12.4. The molecule has 2 aromatic carbocycles. The maximum Gasteiger partial charge on any atom is 0.166 e. The first-order valence-electron chi connectivity index (χ1n) is 6.63. The molecule has 1 aliphatic carbocycles. The molecule has 0 N–H and O–H groups in total. The van der Waals surface area contributed by atoms with Crippen molar-refractivity contribution in [3.05, 3.63) is 42.0 Å². The van der Waals surface area contributed by atoms with Crippen LogP contribution in [-0.2, 0) is 0 Å². The Hall–Kier alpha value is -1.83. The molecule has 2 heteroatoms. The molecule has 1 fully saturated rings. The molecule has 2 nitrogen and oxygen atoms in total. The number of hydrogen-bond acceptors (Lipinski definition) is 2. The van der Waals surface area contributed by atoms with Crippen LogP contribution in [0.25, 0.3) is 10.8 Å². The van der Waals surface area contributed by atoms with Gasteiger partial charge in [-0.05, 0) is 40.8 Å². The molecule has 1 atom stereocenters. The lowest BCUT2D eigenvalue weighted by Crippen LogP contribution is -2.06. The summed E-state index contributed by atoms with van der Waals surface area (Å²) in [5.74, 6) is 1.32. The summed E-state index contributed by atoms with van der Waals surface area (Å²) < 4.78 is 5.21. The van der Waals surface area contributed by atoms with Crippen LogP contribution >= 0.6 is 0 Å². The predicted molar refractivity (Wildman–Crippen MR) is 76.7 cm³/mol. The maximum absolute atomic E-state index is 12.4. The van der Waals surface area contributed by atoms with Crippen molar-refractivity contribution in [3.63, 3.8) is 0 Å². The number of ether oxygens (including phenoxy) is 1. The normalized spacial score (nSPS) is 20.3. The van der Waals surface area contributed by atoms with E-state index < -0.39 is 0 Å². The molecule has 0 amide bonds. The van der Waals surface area contributed by atoms with Crippen LogP contribution in [0.5, 0.6) is 5.75 Å². The average molecular weight is 254 g/mol. The van der Waals surface area contributed by atoms with Crippen LogP contribution in [0.3, 0.4) is 0 Å². The molecular weight excluding hydrogens is 236 g/mol. The lowest BCUT2D eigenvalue weighted by atomic mass is 9.98. The number of fused-ring (bicyclic) bond motifs is 1. The van der Waals surface area contributed by atoms with Gasteiger partial charge in [-0.25, -0.2) is 0 Å². The Labute approximate surface area is 113 Å². The third-order valence-corrected chi connectivity index (χ3v) is 4.16. The highest BCUT2D eigenvalue weighted by Gasteiger charge is 2.50. The van der Waals surface area contributed by atoms with Crippen molar-refractivity contribution in [3.8, 4) is 5.75 Å². The van der Waals surface area contributed by atoms with Crippen molar-refractivity contribution < 1.29 is 9.53 Å². The number of benzene rings is 2. The Bertz CT molecular complexity index is 655. The molecule has 0 radical (unpaired) electrons. The Morgan fingerprint density at radius 3 is 2.42 bits per heavy atom. The van der Waals surface area contributed by atoms with Gasteiger partial charge in [0.1, 0.15) is 5.75 Å². The number of carbonyl (C=O) groups excluding carboxylic acids is 1. The van der Waals surface area contributed by atoms with Gasteiger partial charge in [0.05, 0.1) is 7.11 Å².